The highest BCUT2D eigenvalue weighted by Crippen LogP contribution is 2.71. The van der Waals surface area contributed by atoms with Crippen LogP contribution in [0.15, 0.2) is 10.7 Å². The summed E-state index contributed by atoms with van der Waals surface area (Å²) in [6, 6.07) is 0. The summed E-state index contributed by atoms with van der Waals surface area (Å²) in [5.41, 5.74) is 0.348. The Morgan fingerprint density at radius 3 is 2.31 bits per heavy atom. The SMILES string of the molecule is COC(=O)[C@@]1(C)CCC(C)(C)CCC2OC(O)C[C@@H]3[C@@]4(C)Cc5cnoc5C(C)(C)[C@@H]4CC[C@@]3(C)[C@]2(C)CC1. The fourth-order valence-electron chi connectivity index (χ4n) is 10.2. The molecule has 0 radical (unpaired) electrons. The zero-order valence-corrected chi connectivity index (χ0v) is 26.0. The molecule has 0 bridgehead atoms. The second-order valence-corrected chi connectivity index (χ2v) is 16.1. The average molecular weight is 544 g/mol. The maximum absolute atomic E-state index is 13.2. The smallest absolute Gasteiger partial charge is 0.311 e. The van der Waals surface area contributed by atoms with Crippen LogP contribution in [-0.4, -0.2) is 35.7 Å². The quantitative estimate of drug-likeness (QED) is 0.377. The van der Waals surface area contributed by atoms with Crippen molar-refractivity contribution in [1.29, 1.82) is 0 Å². The summed E-state index contributed by atoms with van der Waals surface area (Å²) in [5.74, 6) is 1.63. The van der Waals surface area contributed by atoms with Crippen molar-refractivity contribution in [3.8, 4) is 0 Å². The van der Waals surface area contributed by atoms with Gasteiger partial charge in [-0.1, -0.05) is 53.6 Å². The zero-order valence-electron chi connectivity index (χ0n) is 26.0. The number of fused-ring (bicyclic) bond motifs is 6. The summed E-state index contributed by atoms with van der Waals surface area (Å²) < 4.78 is 17.9. The van der Waals surface area contributed by atoms with Gasteiger partial charge in [0.1, 0.15) is 5.76 Å². The maximum atomic E-state index is 13.2. The summed E-state index contributed by atoms with van der Waals surface area (Å²) in [6.45, 7) is 18.8. The minimum Gasteiger partial charge on any atom is -0.469 e. The van der Waals surface area contributed by atoms with Gasteiger partial charge in [-0.15, -0.1) is 0 Å². The van der Waals surface area contributed by atoms with Gasteiger partial charge in [-0.3, -0.25) is 4.79 Å². The Hall–Kier alpha value is -1.40. The molecule has 3 fully saturated rings. The number of nitrogens with zero attached hydrogens (tertiary/aromatic N) is 1. The molecular formula is C33H53NO5. The third kappa shape index (κ3) is 4.33. The van der Waals surface area contributed by atoms with Crippen LogP contribution >= 0.6 is 0 Å². The van der Waals surface area contributed by atoms with E-state index in [9.17, 15) is 9.90 Å². The van der Waals surface area contributed by atoms with Crippen molar-refractivity contribution in [2.24, 2.45) is 38.9 Å². The molecule has 6 heteroatoms. The number of aliphatic hydroxyl groups is 1. The van der Waals surface area contributed by atoms with Crippen molar-refractivity contribution in [1.82, 2.24) is 5.16 Å². The Balaban J connectivity index is 1.62. The molecule has 0 aromatic carbocycles. The minimum absolute atomic E-state index is 0.0302. The van der Waals surface area contributed by atoms with Crippen LogP contribution in [0.2, 0.25) is 0 Å². The predicted molar refractivity (Wildman–Crippen MR) is 151 cm³/mol. The highest BCUT2D eigenvalue weighted by atomic mass is 16.6. The number of aliphatic hydroxyl groups excluding tert-OH is 1. The molecule has 3 aliphatic carbocycles. The van der Waals surface area contributed by atoms with E-state index in [0.717, 1.165) is 63.5 Å². The molecule has 4 aliphatic rings. The van der Waals surface area contributed by atoms with Gasteiger partial charge in [-0.25, -0.2) is 0 Å². The van der Waals surface area contributed by atoms with E-state index in [1.54, 1.807) is 0 Å². The molecule has 2 heterocycles. The Morgan fingerprint density at radius 2 is 1.62 bits per heavy atom. The summed E-state index contributed by atoms with van der Waals surface area (Å²) in [4.78, 5) is 13.2. The van der Waals surface area contributed by atoms with Crippen LogP contribution in [0.5, 0.6) is 0 Å². The van der Waals surface area contributed by atoms with Crippen molar-refractivity contribution in [3.05, 3.63) is 17.5 Å². The number of hydrogen-bond donors (Lipinski definition) is 1. The Kier molecular flexibility index (Phi) is 6.94. The van der Waals surface area contributed by atoms with Crippen LogP contribution in [0.1, 0.15) is 125 Å². The van der Waals surface area contributed by atoms with Gasteiger partial charge in [-0.05, 0) is 98.2 Å². The largest absolute Gasteiger partial charge is 0.469 e. The lowest BCUT2D eigenvalue weighted by atomic mass is 9.38. The molecule has 2 unspecified atom stereocenters. The summed E-state index contributed by atoms with van der Waals surface area (Å²) >= 11 is 0. The number of ether oxygens (including phenoxy) is 2. The number of carbonyl (C=O) groups is 1. The van der Waals surface area contributed by atoms with E-state index in [1.165, 1.54) is 12.7 Å². The van der Waals surface area contributed by atoms with Gasteiger partial charge in [-0.2, -0.15) is 0 Å². The van der Waals surface area contributed by atoms with Gasteiger partial charge in [0.15, 0.2) is 6.29 Å². The fourth-order valence-corrected chi connectivity index (χ4v) is 10.2. The standard InChI is InChI=1S/C33H53NO5/c1-28(2)12-11-24-33(8,17-16-30(5,15-14-28)27(36)37-9)32(7)13-10-22-29(3,4)26-21(20-34-39-26)19-31(22,6)23(32)18-25(35)38-24/h20,22-25,35H,10-19H2,1-9H3/t22-,23+,24?,25?,30-,31-,32+,33+/m0/s1. The molecule has 220 valence electrons. The van der Waals surface area contributed by atoms with E-state index in [1.807, 2.05) is 6.20 Å². The molecule has 1 N–H and O–H groups in total. The van der Waals surface area contributed by atoms with Gasteiger partial charge in [0.05, 0.1) is 24.8 Å². The minimum atomic E-state index is -0.790. The fraction of sp³-hybridized carbons (Fsp3) is 0.879. The second kappa shape index (κ2) is 9.31. The highest BCUT2D eigenvalue weighted by molar-refractivity contribution is 5.76. The zero-order chi connectivity index (χ0) is 28.6. The number of aromatic nitrogens is 1. The molecule has 5 rings (SSSR count). The lowest BCUT2D eigenvalue weighted by molar-refractivity contribution is -0.188. The number of carbonyl (C=O) groups excluding carboxylic acids is 1. The Bertz CT molecular complexity index is 1090. The third-order valence-corrected chi connectivity index (χ3v) is 13.1. The molecule has 0 spiro atoms. The third-order valence-electron chi connectivity index (χ3n) is 13.1. The second-order valence-electron chi connectivity index (χ2n) is 16.1. The van der Waals surface area contributed by atoms with Crippen LogP contribution in [0.25, 0.3) is 0 Å². The van der Waals surface area contributed by atoms with Crippen LogP contribution in [-0.2, 0) is 26.1 Å². The molecule has 39 heavy (non-hydrogen) atoms. The lowest BCUT2D eigenvalue weighted by Crippen LogP contribution is -2.62. The topological polar surface area (TPSA) is 81.8 Å². The van der Waals surface area contributed by atoms with Crippen LogP contribution in [0.4, 0.5) is 0 Å². The summed E-state index contributed by atoms with van der Waals surface area (Å²) in [5, 5.41) is 15.7. The van der Waals surface area contributed by atoms with E-state index in [-0.39, 0.29) is 45.1 Å². The lowest BCUT2D eigenvalue weighted by Gasteiger charge is -2.66. The maximum Gasteiger partial charge on any atom is 0.311 e. The van der Waals surface area contributed by atoms with Crippen LogP contribution < -0.4 is 0 Å². The van der Waals surface area contributed by atoms with Crippen LogP contribution in [0.3, 0.4) is 0 Å². The Labute approximate surface area is 236 Å². The van der Waals surface area contributed by atoms with Crippen molar-refractivity contribution >= 4 is 5.97 Å². The van der Waals surface area contributed by atoms with Gasteiger partial charge < -0.3 is 19.1 Å². The van der Waals surface area contributed by atoms with E-state index < -0.39 is 11.7 Å². The van der Waals surface area contributed by atoms with E-state index in [0.29, 0.717) is 12.3 Å². The van der Waals surface area contributed by atoms with Gasteiger partial charge in [0.25, 0.3) is 0 Å². The first-order valence-electron chi connectivity index (χ1n) is 15.4. The number of rotatable bonds is 1. The molecular weight excluding hydrogens is 490 g/mol. The van der Waals surface area contributed by atoms with Gasteiger partial charge in [0, 0.05) is 17.4 Å². The average Bonchev–Trinajstić information content (AvgIpc) is 3.31. The number of methoxy groups -OCH3 is 1. The first-order chi connectivity index (χ1) is 18.0. The van der Waals surface area contributed by atoms with E-state index >= 15 is 0 Å². The van der Waals surface area contributed by atoms with E-state index in [4.69, 9.17) is 14.0 Å². The van der Waals surface area contributed by atoms with Crippen molar-refractivity contribution < 1.29 is 23.9 Å². The van der Waals surface area contributed by atoms with Crippen molar-refractivity contribution in [2.45, 2.75) is 137 Å². The summed E-state index contributed by atoms with van der Waals surface area (Å²) in [7, 11) is 1.52. The first-order valence-corrected chi connectivity index (χ1v) is 15.4. The normalized spacial score (nSPS) is 45.5. The molecule has 0 amide bonds. The number of hydrogen-bond acceptors (Lipinski definition) is 6. The Morgan fingerprint density at radius 1 is 0.923 bits per heavy atom. The van der Waals surface area contributed by atoms with Crippen molar-refractivity contribution in [2.75, 3.05) is 7.11 Å². The summed E-state index contributed by atoms with van der Waals surface area (Å²) in [6.07, 6.45) is 10.2. The predicted octanol–water partition coefficient (Wildman–Crippen LogP) is 7.22. The molecule has 1 saturated heterocycles. The van der Waals surface area contributed by atoms with Gasteiger partial charge in [0.2, 0.25) is 0 Å². The molecule has 1 aromatic heterocycles. The van der Waals surface area contributed by atoms with Crippen molar-refractivity contribution in [3.63, 3.8) is 0 Å². The molecule has 1 aromatic rings. The van der Waals surface area contributed by atoms with Gasteiger partial charge >= 0.3 is 5.97 Å². The molecule has 8 atom stereocenters. The monoisotopic (exact) mass is 543 g/mol. The first kappa shape index (κ1) is 29.1. The number of esters is 1. The molecule has 6 nitrogen and oxygen atoms in total. The van der Waals surface area contributed by atoms with E-state index in [2.05, 4.69) is 60.5 Å². The highest BCUT2D eigenvalue weighted by Gasteiger charge is 2.67. The molecule has 1 aliphatic heterocycles. The van der Waals surface area contributed by atoms with Crippen LogP contribution in [0, 0.1) is 38.9 Å². The molecule has 2 saturated carbocycles.